The monoisotopic (exact) mass is 526 g/mol. The van der Waals surface area contributed by atoms with Gasteiger partial charge in [-0.15, -0.1) is 10.2 Å². The molecule has 4 N–H and O–H groups in total. The third kappa shape index (κ3) is 6.60. The second-order valence-corrected chi connectivity index (χ2v) is 10.5. The molecule has 2 aliphatic carbocycles. The zero-order chi connectivity index (χ0) is 26.4. The standard InChI is InChI=1S/C28H34N10O/c39-27(29-18-20-8-10-21(11-9-20)26-34-36-37-35-26)23(16-19-6-2-1-3-7-19)31-24-17-25(38-14-4-5-15-38)33-28(32-24)30-22-12-13-22/h4-5,8-11,14-15,17,19,22-23H,1-3,6-7,12-13,16,18H2,(H,29,39)(H2,30,31,32,33)(H,34,35,36,37). The lowest BCUT2D eigenvalue weighted by Crippen LogP contribution is -2.41. The molecular weight excluding hydrogens is 492 g/mol. The van der Waals surface area contributed by atoms with Gasteiger partial charge in [0.2, 0.25) is 17.7 Å². The van der Waals surface area contributed by atoms with Crippen LogP contribution in [-0.2, 0) is 11.3 Å². The Morgan fingerprint density at radius 2 is 1.82 bits per heavy atom. The first-order valence-corrected chi connectivity index (χ1v) is 13.9. The molecule has 0 bridgehead atoms. The maximum Gasteiger partial charge on any atom is 0.242 e. The number of aromatic amines is 1. The van der Waals surface area contributed by atoms with E-state index in [4.69, 9.17) is 9.97 Å². The normalized spacial score (nSPS) is 16.5. The van der Waals surface area contributed by atoms with Crippen LogP contribution in [0.5, 0.6) is 0 Å². The fourth-order valence-corrected chi connectivity index (χ4v) is 5.14. The van der Waals surface area contributed by atoms with E-state index in [2.05, 4.69) is 36.6 Å². The zero-order valence-corrected chi connectivity index (χ0v) is 21.9. The molecule has 0 radical (unpaired) electrons. The summed E-state index contributed by atoms with van der Waals surface area (Å²) in [5, 5.41) is 24.1. The van der Waals surface area contributed by atoms with E-state index < -0.39 is 6.04 Å². The van der Waals surface area contributed by atoms with Crippen molar-refractivity contribution in [2.75, 3.05) is 10.6 Å². The number of aromatic nitrogens is 7. The van der Waals surface area contributed by atoms with Crippen molar-refractivity contribution in [3.8, 4) is 17.2 Å². The molecule has 1 amide bonds. The molecule has 2 saturated carbocycles. The van der Waals surface area contributed by atoms with Gasteiger partial charge in [-0.05, 0) is 48.1 Å². The summed E-state index contributed by atoms with van der Waals surface area (Å²) in [6.07, 6.45) is 13.0. The number of benzene rings is 1. The molecule has 6 rings (SSSR count). The number of carbonyl (C=O) groups is 1. The number of amides is 1. The lowest BCUT2D eigenvalue weighted by molar-refractivity contribution is -0.122. The minimum absolute atomic E-state index is 0.0272. The highest BCUT2D eigenvalue weighted by Gasteiger charge is 2.26. The number of nitrogens with one attached hydrogen (secondary N) is 4. The van der Waals surface area contributed by atoms with Crippen LogP contribution in [-0.4, -0.2) is 53.2 Å². The molecule has 1 aromatic carbocycles. The lowest BCUT2D eigenvalue weighted by atomic mass is 9.84. The number of tetrazole rings is 1. The Morgan fingerprint density at radius 3 is 2.54 bits per heavy atom. The van der Waals surface area contributed by atoms with Crippen molar-refractivity contribution in [3.63, 3.8) is 0 Å². The molecule has 3 aromatic heterocycles. The van der Waals surface area contributed by atoms with Crippen LogP contribution < -0.4 is 16.0 Å². The Kier molecular flexibility index (Phi) is 7.46. The van der Waals surface area contributed by atoms with Crippen molar-refractivity contribution >= 4 is 17.7 Å². The van der Waals surface area contributed by atoms with Crippen LogP contribution in [0.25, 0.3) is 17.2 Å². The van der Waals surface area contributed by atoms with Crippen molar-refractivity contribution in [2.45, 2.75) is 70.0 Å². The van der Waals surface area contributed by atoms with Gasteiger partial charge in [-0.3, -0.25) is 4.79 Å². The molecule has 11 heteroatoms. The molecule has 3 heterocycles. The van der Waals surface area contributed by atoms with E-state index in [0.29, 0.717) is 36.1 Å². The molecule has 1 unspecified atom stereocenters. The van der Waals surface area contributed by atoms with E-state index in [9.17, 15) is 4.79 Å². The van der Waals surface area contributed by atoms with E-state index in [1.54, 1.807) is 0 Å². The predicted molar refractivity (Wildman–Crippen MR) is 148 cm³/mol. The fraction of sp³-hybridized carbons (Fsp3) is 0.429. The van der Waals surface area contributed by atoms with Crippen LogP contribution in [0.4, 0.5) is 11.8 Å². The minimum atomic E-state index is -0.395. The van der Waals surface area contributed by atoms with Crippen molar-refractivity contribution < 1.29 is 4.79 Å². The largest absolute Gasteiger partial charge is 0.358 e. The number of carbonyl (C=O) groups excluding carboxylic acids is 1. The molecule has 0 spiro atoms. The van der Waals surface area contributed by atoms with Gasteiger partial charge < -0.3 is 20.5 Å². The number of nitrogens with zero attached hydrogens (tertiary/aromatic N) is 6. The van der Waals surface area contributed by atoms with Gasteiger partial charge in [-0.1, -0.05) is 56.4 Å². The van der Waals surface area contributed by atoms with E-state index >= 15 is 0 Å². The zero-order valence-electron chi connectivity index (χ0n) is 21.9. The van der Waals surface area contributed by atoms with Crippen LogP contribution >= 0.6 is 0 Å². The number of H-pyrrole nitrogens is 1. The fourth-order valence-electron chi connectivity index (χ4n) is 5.14. The third-order valence-electron chi connectivity index (χ3n) is 7.45. The van der Waals surface area contributed by atoms with Crippen molar-refractivity contribution in [3.05, 3.63) is 60.4 Å². The first kappa shape index (κ1) is 25.0. The van der Waals surface area contributed by atoms with Gasteiger partial charge in [-0.25, -0.2) is 0 Å². The summed E-state index contributed by atoms with van der Waals surface area (Å²) < 4.78 is 1.96. The Hall–Kier alpha value is -4.28. The third-order valence-corrected chi connectivity index (χ3v) is 7.45. The summed E-state index contributed by atoms with van der Waals surface area (Å²) in [4.78, 5) is 23.0. The number of rotatable bonds is 11. The Labute approximate surface area is 227 Å². The molecular formula is C28H34N10O. The summed E-state index contributed by atoms with van der Waals surface area (Å²) in [5.41, 5.74) is 1.87. The highest BCUT2D eigenvalue weighted by Crippen LogP contribution is 2.29. The molecule has 11 nitrogen and oxygen atoms in total. The highest BCUT2D eigenvalue weighted by atomic mass is 16.2. The summed E-state index contributed by atoms with van der Waals surface area (Å²) in [7, 11) is 0. The van der Waals surface area contributed by atoms with Gasteiger partial charge in [0.15, 0.2) is 0 Å². The molecule has 2 fully saturated rings. The van der Waals surface area contributed by atoms with E-state index in [1.165, 1.54) is 19.3 Å². The number of hydrogen-bond acceptors (Lipinski definition) is 8. The van der Waals surface area contributed by atoms with Crippen molar-refractivity contribution in [1.82, 2.24) is 40.5 Å². The summed E-state index contributed by atoms with van der Waals surface area (Å²) in [5.74, 6) is 3.04. The molecule has 2 aliphatic rings. The molecule has 0 aliphatic heterocycles. The second-order valence-electron chi connectivity index (χ2n) is 10.5. The average Bonchev–Trinajstić information content (AvgIpc) is 3.39. The maximum atomic E-state index is 13.6. The summed E-state index contributed by atoms with van der Waals surface area (Å²) in [6.45, 7) is 0.432. The predicted octanol–water partition coefficient (Wildman–Crippen LogP) is 4.09. The molecule has 202 valence electrons. The van der Waals surface area contributed by atoms with Crippen LogP contribution in [0.2, 0.25) is 0 Å². The van der Waals surface area contributed by atoms with E-state index in [-0.39, 0.29) is 5.91 Å². The lowest BCUT2D eigenvalue weighted by Gasteiger charge is -2.27. The van der Waals surface area contributed by atoms with Crippen LogP contribution in [0, 0.1) is 5.92 Å². The van der Waals surface area contributed by atoms with Crippen LogP contribution in [0.3, 0.4) is 0 Å². The molecule has 0 saturated heterocycles. The maximum absolute atomic E-state index is 13.6. The molecule has 4 aromatic rings. The Bertz CT molecular complexity index is 1340. The van der Waals surface area contributed by atoms with E-state index in [0.717, 1.165) is 49.0 Å². The second kappa shape index (κ2) is 11.6. The van der Waals surface area contributed by atoms with Gasteiger partial charge >= 0.3 is 0 Å². The van der Waals surface area contributed by atoms with Crippen molar-refractivity contribution in [2.24, 2.45) is 5.92 Å². The first-order chi connectivity index (χ1) is 19.2. The van der Waals surface area contributed by atoms with Crippen molar-refractivity contribution in [1.29, 1.82) is 0 Å². The Morgan fingerprint density at radius 1 is 1.03 bits per heavy atom. The van der Waals surface area contributed by atoms with Gasteiger partial charge in [0.25, 0.3) is 0 Å². The van der Waals surface area contributed by atoms with E-state index in [1.807, 2.05) is 59.4 Å². The topological polar surface area (TPSA) is 138 Å². The van der Waals surface area contributed by atoms with Gasteiger partial charge in [0, 0.05) is 36.6 Å². The number of hydrogen-bond donors (Lipinski definition) is 4. The summed E-state index contributed by atoms with van der Waals surface area (Å²) >= 11 is 0. The minimum Gasteiger partial charge on any atom is -0.358 e. The smallest absolute Gasteiger partial charge is 0.242 e. The van der Waals surface area contributed by atoms with Crippen LogP contribution in [0.1, 0.15) is 56.9 Å². The van der Waals surface area contributed by atoms with Gasteiger partial charge in [0.05, 0.1) is 0 Å². The molecule has 1 atom stereocenters. The first-order valence-electron chi connectivity index (χ1n) is 13.9. The number of anilines is 2. The Balaban J connectivity index is 1.18. The van der Waals surface area contributed by atoms with Gasteiger partial charge in [-0.2, -0.15) is 15.2 Å². The summed E-state index contributed by atoms with van der Waals surface area (Å²) in [6, 6.07) is 13.7. The molecule has 39 heavy (non-hydrogen) atoms. The quantitative estimate of drug-likeness (QED) is 0.229. The van der Waals surface area contributed by atoms with Gasteiger partial charge in [0.1, 0.15) is 17.7 Å². The van der Waals surface area contributed by atoms with Crippen LogP contribution in [0.15, 0.2) is 54.9 Å². The SMILES string of the molecule is O=C(NCc1ccc(-c2nn[nH]n2)cc1)C(CC1CCCCC1)Nc1cc(-n2cccc2)nc(NC2CC2)n1. The highest BCUT2D eigenvalue weighted by molar-refractivity contribution is 5.84. The average molecular weight is 527 g/mol.